The van der Waals surface area contributed by atoms with Crippen LogP contribution in [0.2, 0.25) is 0 Å². The quantitative estimate of drug-likeness (QED) is 0.744. The summed E-state index contributed by atoms with van der Waals surface area (Å²) in [5, 5.41) is 0. The average Bonchev–Trinajstić information content (AvgIpc) is 2.74. The van der Waals surface area contributed by atoms with Gasteiger partial charge in [-0.05, 0) is 18.1 Å². The lowest BCUT2D eigenvalue weighted by atomic mass is 10.1. The van der Waals surface area contributed by atoms with Crippen LogP contribution in [-0.4, -0.2) is 45.2 Å². The molecule has 0 bridgehead atoms. The minimum absolute atomic E-state index is 0.0923. The zero-order valence-electron chi connectivity index (χ0n) is 11.8. The molecular formula is C14H18FNO4S. The number of rotatable bonds is 6. The predicted molar refractivity (Wildman–Crippen MR) is 76.3 cm³/mol. The fourth-order valence-corrected chi connectivity index (χ4v) is 3.41. The van der Waals surface area contributed by atoms with Gasteiger partial charge in [0.25, 0.3) is 0 Å². The Morgan fingerprint density at radius 1 is 1.38 bits per heavy atom. The summed E-state index contributed by atoms with van der Waals surface area (Å²) in [7, 11) is -2.95. The molecule has 0 spiro atoms. The SMILES string of the molecule is COc1ccccc1CCN1CC(CS(=O)(=O)F)CC1=O. The minimum atomic E-state index is -4.53. The molecule has 1 heterocycles. The smallest absolute Gasteiger partial charge is 0.302 e. The maximum absolute atomic E-state index is 12.7. The summed E-state index contributed by atoms with van der Waals surface area (Å²) in [6, 6.07) is 7.52. The standard InChI is InChI=1S/C14H18FNO4S/c1-20-13-5-3-2-4-12(13)6-7-16-9-11(8-14(16)17)10-21(15,18)19/h2-5,11H,6-10H2,1H3. The number of amides is 1. The third kappa shape index (κ3) is 4.42. The van der Waals surface area contributed by atoms with E-state index in [4.69, 9.17) is 4.74 Å². The number of halogens is 1. The van der Waals surface area contributed by atoms with Gasteiger partial charge in [0.1, 0.15) is 5.75 Å². The number of carbonyl (C=O) groups excluding carboxylic acids is 1. The van der Waals surface area contributed by atoms with Crippen LogP contribution in [0.15, 0.2) is 24.3 Å². The van der Waals surface area contributed by atoms with Crippen molar-refractivity contribution in [2.45, 2.75) is 12.8 Å². The second-order valence-electron chi connectivity index (χ2n) is 5.18. The first kappa shape index (κ1) is 15.8. The zero-order chi connectivity index (χ0) is 15.5. The lowest BCUT2D eigenvalue weighted by Crippen LogP contribution is -2.28. The second kappa shape index (κ2) is 6.43. The van der Waals surface area contributed by atoms with E-state index in [1.165, 1.54) is 0 Å². The Labute approximate surface area is 123 Å². The number of likely N-dealkylation sites (tertiary alicyclic amines) is 1. The molecule has 1 saturated heterocycles. The number of hydrogen-bond acceptors (Lipinski definition) is 4. The van der Waals surface area contributed by atoms with Crippen LogP contribution in [0.4, 0.5) is 3.89 Å². The van der Waals surface area contributed by atoms with E-state index < -0.39 is 21.9 Å². The van der Waals surface area contributed by atoms with E-state index in [9.17, 15) is 17.1 Å². The molecule has 21 heavy (non-hydrogen) atoms. The summed E-state index contributed by atoms with van der Waals surface area (Å²) < 4.78 is 39.2. The maximum atomic E-state index is 12.7. The van der Waals surface area contributed by atoms with Crippen LogP contribution in [0, 0.1) is 5.92 Å². The van der Waals surface area contributed by atoms with Crippen LogP contribution < -0.4 is 4.74 Å². The van der Waals surface area contributed by atoms with Crippen molar-refractivity contribution in [3.8, 4) is 5.75 Å². The van der Waals surface area contributed by atoms with Crippen LogP contribution in [-0.2, 0) is 21.4 Å². The summed E-state index contributed by atoms with van der Waals surface area (Å²) in [4.78, 5) is 13.4. The first-order chi connectivity index (χ1) is 9.89. The van der Waals surface area contributed by atoms with E-state index in [0.29, 0.717) is 13.0 Å². The molecule has 1 atom stereocenters. The highest BCUT2D eigenvalue weighted by Crippen LogP contribution is 2.22. The third-order valence-electron chi connectivity index (χ3n) is 3.57. The fourth-order valence-electron chi connectivity index (χ4n) is 2.63. The molecule has 2 rings (SSSR count). The van der Waals surface area contributed by atoms with E-state index in [-0.39, 0.29) is 18.9 Å². The number of benzene rings is 1. The van der Waals surface area contributed by atoms with Gasteiger partial charge in [-0.3, -0.25) is 4.79 Å². The topological polar surface area (TPSA) is 63.7 Å². The molecule has 1 aliphatic heterocycles. The Morgan fingerprint density at radius 3 is 2.76 bits per heavy atom. The van der Waals surface area contributed by atoms with Crippen molar-refractivity contribution in [3.05, 3.63) is 29.8 Å². The van der Waals surface area contributed by atoms with Crippen LogP contribution in [0.25, 0.3) is 0 Å². The van der Waals surface area contributed by atoms with Gasteiger partial charge in [-0.25, -0.2) is 0 Å². The Morgan fingerprint density at radius 2 is 2.10 bits per heavy atom. The lowest BCUT2D eigenvalue weighted by molar-refractivity contribution is -0.127. The maximum Gasteiger partial charge on any atom is 0.302 e. The Balaban J connectivity index is 1.93. The van der Waals surface area contributed by atoms with Gasteiger partial charge in [-0.15, -0.1) is 3.89 Å². The van der Waals surface area contributed by atoms with E-state index in [1.807, 2.05) is 24.3 Å². The van der Waals surface area contributed by atoms with Gasteiger partial charge in [-0.2, -0.15) is 8.42 Å². The summed E-state index contributed by atoms with van der Waals surface area (Å²) in [6.45, 7) is 0.763. The van der Waals surface area contributed by atoms with E-state index in [1.54, 1.807) is 12.0 Å². The highest BCUT2D eigenvalue weighted by Gasteiger charge is 2.32. The third-order valence-corrected chi connectivity index (χ3v) is 4.44. The summed E-state index contributed by atoms with van der Waals surface area (Å²) in [5.74, 6) is -0.403. The molecule has 0 N–H and O–H groups in total. The van der Waals surface area contributed by atoms with E-state index in [2.05, 4.69) is 0 Å². The van der Waals surface area contributed by atoms with Gasteiger partial charge in [0, 0.05) is 25.4 Å². The predicted octanol–water partition coefficient (Wildman–Crippen LogP) is 1.39. The molecule has 1 aliphatic rings. The number of carbonyl (C=O) groups is 1. The van der Waals surface area contributed by atoms with Crippen molar-refractivity contribution in [2.75, 3.05) is 26.0 Å². The normalized spacial score (nSPS) is 19.0. The van der Waals surface area contributed by atoms with Crippen molar-refractivity contribution in [1.82, 2.24) is 4.90 Å². The number of nitrogens with zero attached hydrogens (tertiary/aromatic N) is 1. The Kier molecular flexibility index (Phi) is 4.82. The molecule has 1 fully saturated rings. The average molecular weight is 315 g/mol. The van der Waals surface area contributed by atoms with Crippen molar-refractivity contribution in [1.29, 1.82) is 0 Å². The van der Waals surface area contributed by atoms with Crippen LogP contribution in [0.1, 0.15) is 12.0 Å². The summed E-state index contributed by atoms with van der Waals surface area (Å²) >= 11 is 0. The van der Waals surface area contributed by atoms with Crippen molar-refractivity contribution < 1.29 is 21.8 Å². The molecule has 1 aromatic carbocycles. The van der Waals surface area contributed by atoms with Crippen molar-refractivity contribution >= 4 is 16.1 Å². The number of hydrogen-bond donors (Lipinski definition) is 0. The van der Waals surface area contributed by atoms with E-state index in [0.717, 1.165) is 11.3 Å². The molecule has 0 saturated carbocycles. The number of para-hydroxylation sites is 1. The minimum Gasteiger partial charge on any atom is -0.496 e. The molecule has 0 aliphatic carbocycles. The molecule has 1 unspecified atom stereocenters. The van der Waals surface area contributed by atoms with E-state index >= 15 is 0 Å². The van der Waals surface area contributed by atoms with Crippen molar-refractivity contribution in [3.63, 3.8) is 0 Å². The summed E-state index contributed by atoms with van der Waals surface area (Å²) in [6.07, 6.45) is 0.708. The van der Waals surface area contributed by atoms with Gasteiger partial charge >= 0.3 is 10.2 Å². The largest absolute Gasteiger partial charge is 0.496 e. The molecule has 1 aromatic rings. The Hall–Kier alpha value is -1.63. The number of methoxy groups -OCH3 is 1. The molecular weight excluding hydrogens is 297 g/mol. The van der Waals surface area contributed by atoms with Gasteiger partial charge in [0.2, 0.25) is 5.91 Å². The Bertz CT molecular complexity index is 617. The highest BCUT2D eigenvalue weighted by atomic mass is 32.3. The van der Waals surface area contributed by atoms with Crippen LogP contribution >= 0.6 is 0 Å². The molecule has 0 radical (unpaired) electrons. The van der Waals surface area contributed by atoms with Crippen LogP contribution in [0.5, 0.6) is 5.75 Å². The lowest BCUT2D eigenvalue weighted by Gasteiger charge is -2.17. The van der Waals surface area contributed by atoms with Gasteiger partial charge in [-0.1, -0.05) is 18.2 Å². The highest BCUT2D eigenvalue weighted by molar-refractivity contribution is 7.86. The second-order valence-corrected chi connectivity index (χ2v) is 6.59. The molecule has 0 aromatic heterocycles. The number of ether oxygens (including phenoxy) is 1. The zero-order valence-corrected chi connectivity index (χ0v) is 12.6. The first-order valence-corrected chi connectivity index (χ1v) is 8.26. The molecule has 5 nitrogen and oxygen atoms in total. The van der Waals surface area contributed by atoms with Gasteiger partial charge in [0.15, 0.2) is 0 Å². The van der Waals surface area contributed by atoms with Gasteiger partial charge < -0.3 is 9.64 Å². The van der Waals surface area contributed by atoms with Crippen LogP contribution in [0.3, 0.4) is 0 Å². The molecule has 7 heteroatoms. The van der Waals surface area contributed by atoms with Gasteiger partial charge in [0.05, 0.1) is 12.9 Å². The fraction of sp³-hybridized carbons (Fsp3) is 0.500. The molecule has 1 amide bonds. The molecule has 116 valence electrons. The first-order valence-electron chi connectivity index (χ1n) is 6.71. The monoisotopic (exact) mass is 315 g/mol. The summed E-state index contributed by atoms with van der Waals surface area (Å²) in [5.41, 5.74) is 0.981. The van der Waals surface area contributed by atoms with Crippen molar-refractivity contribution in [2.24, 2.45) is 5.92 Å².